The van der Waals surface area contributed by atoms with Crippen molar-refractivity contribution in [1.29, 1.82) is 0 Å². The molecule has 2 aromatic rings. The maximum atomic E-state index is 13.3. The lowest BCUT2D eigenvalue weighted by Crippen LogP contribution is -2.48. The first kappa shape index (κ1) is 15.9. The van der Waals surface area contributed by atoms with E-state index >= 15 is 0 Å². The molecule has 134 valence electrons. The van der Waals surface area contributed by atoms with Crippen LogP contribution in [0.3, 0.4) is 0 Å². The van der Waals surface area contributed by atoms with E-state index in [2.05, 4.69) is 4.98 Å². The summed E-state index contributed by atoms with van der Waals surface area (Å²) in [7, 11) is 0. The Balaban J connectivity index is 1.63. The fourth-order valence-electron chi connectivity index (χ4n) is 4.75. The van der Waals surface area contributed by atoms with Crippen molar-refractivity contribution in [2.24, 2.45) is 10.8 Å². The molecule has 1 N–H and O–H groups in total. The molecule has 4 heterocycles. The van der Waals surface area contributed by atoms with Gasteiger partial charge < -0.3 is 9.84 Å². The fraction of sp³-hybridized carbons (Fsp3) is 0.444. The van der Waals surface area contributed by atoms with Crippen LogP contribution >= 0.6 is 11.3 Å². The number of anilines is 1. The number of imide groups is 1. The first-order chi connectivity index (χ1) is 12.3. The fourth-order valence-corrected chi connectivity index (χ4v) is 5.75. The van der Waals surface area contributed by atoms with Crippen molar-refractivity contribution >= 4 is 44.5 Å². The summed E-state index contributed by atoms with van der Waals surface area (Å²) in [4.78, 5) is 43.3. The van der Waals surface area contributed by atoms with Crippen molar-refractivity contribution in [2.75, 3.05) is 4.90 Å². The molecule has 0 spiro atoms. The maximum absolute atomic E-state index is 13.3. The van der Waals surface area contributed by atoms with Gasteiger partial charge in [0.2, 0.25) is 11.8 Å². The van der Waals surface area contributed by atoms with Crippen molar-refractivity contribution in [3.8, 4) is 0 Å². The summed E-state index contributed by atoms with van der Waals surface area (Å²) in [5.74, 6) is -1.57. The SMILES string of the molecule is C[C@@]12C(=O)N(c3nc4ccc(C(=O)O)cc4s3)C(=O)[C@]1(C)C1CCC2O1. The normalized spacial score (nSPS) is 35.5. The molecule has 2 amide bonds. The minimum absolute atomic E-state index is 0.147. The Labute approximate surface area is 152 Å². The van der Waals surface area contributed by atoms with Gasteiger partial charge in [0, 0.05) is 0 Å². The number of hydrogen-bond acceptors (Lipinski definition) is 6. The molecule has 2 bridgehead atoms. The van der Waals surface area contributed by atoms with E-state index in [-0.39, 0.29) is 29.6 Å². The highest BCUT2D eigenvalue weighted by Gasteiger charge is 2.77. The molecule has 3 aliphatic rings. The number of carboxylic acids is 1. The predicted octanol–water partition coefficient (Wildman–Crippen LogP) is 2.44. The zero-order valence-corrected chi connectivity index (χ0v) is 15.0. The van der Waals surface area contributed by atoms with Gasteiger partial charge >= 0.3 is 5.97 Å². The average molecular weight is 372 g/mol. The second-order valence-electron chi connectivity index (χ2n) is 7.53. The smallest absolute Gasteiger partial charge is 0.335 e. The Morgan fingerprint density at radius 2 is 1.85 bits per heavy atom. The van der Waals surface area contributed by atoms with Gasteiger partial charge in [0.1, 0.15) is 0 Å². The van der Waals surface area contributed by atoms with Crippen LogP contribution in [0.4, 0.5) is 5.13 Å². The van der Waals surface area contributed by atoms with Gasteiger partial charge in [-0.15, -0.1) is 0 Å². The van der Waals surface area contributed by atoms with Crippen LogP contribution in [-0.2, 0) is 14.3 Å². The summed E-state index contributed by atoms with van der Waals surface area (Å²) in [5, 5.41) is 9.44. The Morgan fingerprint density at radius 3 is 2.42 bits per heavy atom. The molecule has 5 rings (SSSR count). The Kier molecular flexibility index (Phi) is 2.87. The van der Waals surface area contributed by atoms with E-state index in [9.17, 15) is 14.4 Å². The first-order valence-electron chi connectivity index (χ1n) is 8.47. The molecule has 0 aliphatic carbocycles. The second-order valence-corrected chi connectivity index (χ2v) is 8.53. The third kappa shape index (κ3) is 1.58. The summed E-state index contributed by atoms with van der Waals surface area (Å²) in [5.41, 5.74) is -1.04. The van der Waals surface area contributed by atoms with Crippen LogP contribution in [0.1, 0.15) is 37.0 Å². The van der Waals surface area contributed by atoms with Gasteiger partial charge in [-0.2, -0.15) is 0 Å². The van der Waals surface area contributed by atoms with Crippen LogP contribution in [0, 0.1) is 10.8 Å². The molecule has 0 radical (unpaired) electrons. The molecule has 7 nitrogen and oxygen atoms in total. The number of nitrogens with zero attached hydrogens (tertiary/aromatic N) is 2. The van der Waals surface area contributed by atoms with Crippen LogP contribution in [-0.4, -0.2) is 40.1 Å². The molecule has 2 unspecified atom stereocenters. The Bertz CT molecular complexity index is 982. The summed E-state index contributed by atoms with van der Waals surface area (Å²) in [6.45, 7) is 3.65. The topological polar surface area (TPSA) is 96.8 Å². The van der Waals surface area contributed by atoms with E-state index in [0.29, 0.717) is 15.3 Å². The van der Waals surface area contributed by atoms with Crippen molar-refractivity contribution in [1.82, 2.24) is 4.98 Å². The highest BCUT2D eigenvalue weighted by Crippen LogP contribution is 2.64. The van der Waals surface area contributed by atoms with Gasteiger partial charge in [-0.3, -0.25) is 9.59 Å². The number of aromatic nitrogens is 1. The van der Waals surface area contributed by atoms with Gasteiger partial charge in [0.05, 0.1) is 38.8 Å². The minimum atomic E-state index is -1.03. The highest BCUT2D eigenvalue weighted by atomic mass is 32.1. The number of carbonyl (C=O) groups is 3. The molecule has 8 heteroatoms. The lowest BCUT2D eigenvalue weighted by molar-refractivity contribution is -0.132. The number of rotatable bonds is 2. The molecule has 0 saturated carbocycles. The monoisotopic (exact) mass is 372 g/mol. The van der Waals surface area contributed by atoms with Gasteiger partial charge in [0.15, 0.2) is 5.13 Å². The number of amides is 2. The van der Waals surface area contributed by atoms with Crippen molar-refractivity contribution in [2.45, 2.75) is 38.9 Å². The maximum Gasteiger partial charge on any atom is 0.335 e. The number of carbonyl (C=O) groups excluding carboxylic acids is 2. The molecular formula is C18H16N2O5S. The van der Waals surface area contributed by atoms with Gasteiger partial charge in [-0.1, -0.05) is 11.3 Å². The molecular weight excluding hydrogens is 356 g/mol. The molecule has 26 heavy (non-hydrogen) atoms. The molecule has 3 fully saturated rings. The van der Waals surface area contributed by atoms with E-state index in [4.69, 9.17) is 9.84 Å². The Hall–Kier alpha value is -2.32. The molecule has 3 saturated heterocycles. The zero-order chi connectivity index (χ0) is 18.4. The first-order valence-corrected chi connectivity index (χ1v) is 9.28. The third-order valence-corrected chi connectivity index (χ3v) is 7.50. The van der Waals surface area contributed by atoms with Gasteiger partial charge in [-0.25, -0.2) is 14.7 Å². The number of fused-ring (bicyclic) bond motifs is 6. The van der Waals surface area contributed by atoms with E-state index in [1.54, 1.807) is 6.07 Å². The van der Waals surface area contributed by atoms with Crippen LogP contribution in [0.15, 0.2) is 18.2 Å². The number of aromatic carboxylic acids is 1. The number of benzene rings is 1. The van der Waals surface area contributed by atoms with E-state index in [1.807, 2.05) is 13.8 Å². The van der Waals surface area contributed by atoms with E-state index in [0.717, 1.165) is 24.2 Å². The Morgan fingerprint density at radius 1 is 1.23 bits per heavy atom. The summed E-state index contributed by atoms with van der Waals surface area (Å²) in [6, 6.07) is 4.58. The largest absolute Gasteiger partial charge is 0.478 e. The zero-order valence-electron chi connectivity index (χ0n) is 14.2. The van der Waals surface area contributed by atoms with Gasteiger partial charge in [0.25, 0.3) is 0 Å². The highest BCUT2D eigenvalue weighted by molar-refractivity contribution is 7.22. The summed E-state index contributed by atoms with van der Waals surface area (Å²) in [6.07, 6.45) is 1.08. The lowest BCUT2D eigenvalue weighted by Gasteiger charge is -2.36. The van der Waals surface area contributed by atoms with Gasteiger partial charge in [-0.05, 0) is 44.9 Å². The molecule has 3 aliphatic heterocycles. The third-order valence-electron chi connectivity index (χ3n) is 6.50. The van der Waals surface area contributed by atoms with E-state index in [1.165, 1.54) is 17.0 Å². The molecule has 4 atom stereocenters. The van der Waals surface area contributed by atoms with Crippen molar-refractivity contribution < 1.29 is 24.2 Å². The number of thiazole rings is 1. The minimum Gasteiger partial charge on any atom is -0.478 e. The lowest BCUT2D eigenvalue weighted by atomic mass is 9.59. The van der Waals surface area contributed by atoms with Crippen molar-refractivity contribution in [3.63, 3.8) is 0 Å². The quantitative estimate of drug-likeness (QED) is 0.814. The van der Waals surface area contributed by atoms with Crippen LogP contribution in [0.2, 0.25) is 0 Å². The second kappa shape index (κ2) is 4.69. The standard InChI is InChI=1S/C18H16N2O5S/c1-17-11-5-6-12(25-11)18(17,2)15(24)20(14(17)23)16-19-9-4-3-8(13(21)22)7-10(9)26-16/h3-4,7,11-12H,5-6H2,1-2H3,(H,21,22)/t11?,12?,17-,18+. The summed E-state index contributed by atoms with van der Waals surface area (Å²) < 4.78 is 6.55. The predicted molar refractivity (Wildman–Crippen MR) is 93.2 cm³/mol. The van der Waals surface area contributed by atoms with Crippen LogP contribution in [0.5, 0.6) is 0 Å². The molecule has 1 aromatic carbocycles. The summed E-state index contributed by atoms with van der Waals surface area (Å²) >= 11 is 1.16. The van der Waals surface area contributed by atoms with Crippen LogP contribution < -0.4 is 4.90 Å². The molecule has 1 aromatic heterocycles. The number of hydrogen-bond donors (Lipinski definition) is 1. The number of carboxylic acid groups (broad SMARTS) is 1. The van der Waals surface area contributed by atoms with Crippen molar-refractivity contribution in [3.05, 3.63) is 23.8 Å². The number of ether oxygens (including phenoxy) is 1. The van der Waals surface area contributed by atoms with Crippen LogP contribution in [0.25, 0.3) is 10.2 Å². The van der Waals surface area contributed by atoms with E-state index < -0.39 is 16.8 Å². The average Bonchev–Trinajstić information content (AvgIpc) is 3.32.